The first kappa shape index (κ1) is 16.6. The van der Waals surface area contributed by atoms with Crippen LogP contribution in [0, 0.1) is 5.41 Å². The fraction of sp³-hybridized carbons (Fsp3) is 0.350. The van der Waals surface area contributed by atoms with Gasteiger partial charge in [0.2, 0.25) is 0 Å². The highest BCUT2D eigenvalue weighted by Gasteiger charge is 2.42. The van der Waals surface area contributed by atoms with Crippen LogP contribution in [0.25, 0.3) is 0 Å². The van der Waals surface area contributed by atoms with E-state index in [9.17, 15) is 14.4 Å². The Morgan fingerprint density at radius 3 is 2.46 bits per heavy atom. The van der Waals surface area contributed by atoms with Gasteiger partial charge in [-0.15, -0.1) is 0 Å². The van der Waals surface area contributed by atoms with E-state index in [1.165, 1.54) is 4.57 Å². The van der Waals surface area contributed by atoms with Gasteiger partial charge in [0.15, 0.2) is 5.78 Å². The predicted octanol–water partition coefficient (Wildman–Crippen LogP) is 2.27. The van der Waals surface area contributed by atoms with E-state index in [1.807, 2.05) is 30.3 Å². The van der Waals surface area contributed by atoms with Crippen molar-refractivity contribution in [2.24, 2.45) is 12.5 Å². The molecule has 1 atom stereocenters. The molecule has 6 nitrogen and oxygen atoms in total. The molecule has 4 rings (SSSR count). The fourth-order valence-electron chi connectivity index (χ4n) is 4.10. The van der Waals surface area contributed by atoms with Gasteiger partial charge in [-0.05, 0) is 17.4 Å². The van der Waals surface area contributed by atoms with E-state index < -0.39 is 17.2 Å². The van der Waals surface area contributed by atoms with Crippen LogP contribution in [0.15, 0.2) is 51.2 Å². The third-order valence-corrected chi connectivity index (χ3v) is 5.26. The van der Waals surface area contributed by atoms with Gasteiger partial charge in [0.05, 0.1) is 5.56 Å². The number of rotatable bonds is 1. The summed E-state index contributed by atoms with van der Waals surface area (Å²) in [5, 5.41) is 3.24. The second-order valence-electron chi connectivity index (χ2n) is 7.88. The highest BCUT2D eigenvalue weighted by atomic mass is 16.2. The molecular weight excluding hydrogens is 330 g/mol. The average molecular weight is 351 g/mol. The fourth-order valence-corrected chi connectivity index (χ4v) is 4.10. The molecule has 0 fully saturated rings. The molecule has 0 saturated carbocycles. The molecule has 0 unspecified atom stereocenters. The SMILES string of the molecule is Cn1c2c(c(=O)[nH]c1=O)[C@@H](c1ccccc1)C1=C(CC(C)(C)CC1=O)N2. The molecule has 1 aliphatic heterocycles. The number of aromatic amines is 1. The Morgan fingerprint density at radius 1 is 1.08 bits per heavy atom. The number of nitrogens with zero attached hydrogens (tertiary/aromatic N) is 1. The number of nitrogens with one attached hydrogen (secondary N) is 2. The summed E-state index contributed by atoms with van der Waals surface area (Å²) in [6, 6.07) is 9.52. The van der Waals surface area contributed by atoms with E-state index >= 15 is 0 Å². The number of hydrogen-bond donors (Lipinski definition) is 2. The summed E-state index contributed by atoms with van der Waals surface area (Å²) in [7, 11) is 1.62. The maximum Gasteiger partial charge on any atom is 0.329 e. The van der Waals surface area contributed by atoms with E-state index in [-0.39, 0.29) is 11.2 Å². The number of Topliss-reactive ketones (excluding diaryl/α,β-unsaturated/α-hetero) is 1. The van der Waals surface area contributed by atoms with Crippen LogP contribution in [0.2, 0.25) is 0 Å². The van der Waals surface area contributed by atoms with Crippen LogP contribution >= 0.6 is 0 Å². The molecule has 1 aromatic carbocycles. The van der Waals surface area contributed by atoms with Gasteiger partial charge in [0, 0.05) is 30.7 Å². The van der Waals surface area contributed by atoms with Crippen molar-refractivity contribution in [3.63, 3.8) is 0 Å². The van der Waals surface area contributed by atoms with Crippen LogP contribution in [-0.2, 0) is 11.8 Å². The number of carbonyl (C=O) groups excluding carboxylic acids is 1. The number of benzene rings is 1. The first-order chi connectivity index (χ1) is 12.3. The van der Waals surface area contributed by atoms with Gasteiger partial charge in [0.1, 0.15) is 5.82 Å². The predicted molar refractivity (Wildman–Crippen MR) is 99.3 cm³/mol. The zero-order chi connectivity index (χ0) is 18.6. The van der Waals surface area contributed by atoms with Crippen LogP contribution in [-0.4, -0.2) is 15.3 Å². The van der Waals surface area contributed by atoms with Gasteiger partial charge in [-0.1, -0.05) is 44.2 Å². The van der Waals surface area contributed by atoms with Crippen LogP contribution in [0.5, 0.6) is 0 Å². The van der Waals surface area contributed by atoms with Crippen molar-refractivity contribution in [2.45, 2.75) is 32.6 Å². The van der Waals surface area contributed by atoms with Crippen LogP contribution in [0.4, 0.5) is 5.82 Å². The Kier molecular flexibility index (Phi) is 3.54. The molecule has 2 aliphatic rings. The Balaban J connectivity index is 2.05. The minimum atomic E-state index is -0.474. The van der Waals surface area contributed by atoms with Crippen LogP contribution in [0.1, 0.15) is 43.7 Å². The quantitative estimate of drug-likeness (QED) is 0.825. The molecule has 6 heteroatoms. The summed E-state index contributed by atoms with van der Waals surface area (Å²) >= 11 is 0. The van der Waals surface area contributed by atoms with Crippen molar-refractivity contribution in [3.05, 3.63) is 73.6 Å². The van der Waals surface area contributed by atoms with Crippen LogP contribution < -0.4 is 16.6 Å². The number of carbonyl (C=O) groups is 1. The van der Waals surface area contributed by atoms with E-state index in [0.717, 1.165) is 11.3 Å². The van der Waals surface area contributed by atoms with Crippen molar-refractivity contribution in [3.8, 4) is 0 Å². The lowest BCUT2D eigenvalue weighted by molar-refractivity contribution is -0.118. The number of anilines is 1. The minimum Gasteiger partial charge on any atom is -0.344 e. The lowest BCUT2D eigenvalue weighted by Gasteiger charge is -2.39. The highest BCUT2D eigenvalue weighted by molar-refractivity contribution is 6.01. The number of allylic oxidation sites excluding steroid dienone is 2. The van der Waals surface area contributed by atoms with Crippen molar-refractivity contribution in [1.29, 1.82) is 0 Å². The smallest absolute Gasteiger partial charge is 0.329 e. The van der Waals surface area contributed by atoms with Crippen molar-refractivity contribution in [2.75, 3.05) is 5.32 Å². The van der Waals surface area contributed by atoms with Gasteiger partial charge < -0.3 is 5.32 Å². The number of fused-ring (bicyclic) bond motifs is 1. The molecule has 0 spiro atoms. The highest BCUT2D eigenvalue weighted by Crippen LogP contribution is 2.47. The lowest BCUT2D eigenvalue weighted by atomic mass is 9.69. The number of ketones is 1. The molecule has 1 aliphatic carbocycles. The zero-order valence-corrected chi connectivity index (χ0v) is 15.1. The van der Waals surface area contributed by atoms with Gasteiger partial charge in [-0.25, -0.2) is 4.79 Å². The summed E-state index contributed by atoms with van der Waals surface area (Å²) in [6.07, 6.45) is 1.13. The Hall–Kier alpha value is -2.89. The number of hydrogen-bond acceptors (Lipinski definition) is 4. The molecule has 2 aromatic rings. The summed E-state index contributed by atoms with van der Waals surface area (Å²) in [5.74, 6) is 0.0509. The molecule has 0 bridgehead atoms. The zero-order valence-electron chi connectivity index (χ0n) is 15.1. The molecule has 2 heterocycles. The molecular formula is C20H21N3O3. The second-order valence-corrected chi connectivity index (χ2v) is 7.88. The van der Waals surface area contributed by atoms with E-state index in [2.05, 4.69) is 24.1 Å². The largest absolute Gasteiger partial charge is 0.344 e. The standard InChI is InChI=1S/C20H21N3O3/c1-20(2)9-12-15(13(24)10-20)14(11-7-5-4-6-8-11)16-17(21-12)23(3)19(26)22-18(16)25/h4-8,14,21H,9-10H2,1-3H3,(H,22,25,26)/t14-/m0/s1. The van der Waals surface area contributed by atoms with E-state index in [1.54, 1.807) is 7.05 Å². The lowest BCUT2D eigenvalue weighted by Crippen LogP contribution is -2.41. The third kappa shape index (κ3) is 2.44. The van der Waals surface area contributed by atoms with E-state index in [4.69, 9.17) is 0 Å². The van der Waals surface area contributed by atoms with E-state index in [0.29, 0.717) is 29.8 Å². The molecule has 0 radical (unpaired) electrons. The molecule has 0 amide bonds. The Bertz CT molecular complexity index is 1060. The molecule has 2 N–H and O–H groups in total. The number of aromatic nitrogens is 2. The number of H-pyrrole nitrogens is 1. The van der Waals surface area contributed by atoms with Gasteiger partial charge in [-0.2, -0.15) is 0 Å². The second kappa shape index (κ2) is 5.56. The monoisotopic (exact) mass is 351 g/mol. The molecule has 134 valence electrons. The molecule has 0 saturated heterocycles. The Labute approximate surface area is 150 Å². The maximum atomic E-state index is 13.0. The van der Waals surface area contributed by atoms with Crippen molar-refractivity contribution in [1.82, 2.24) is 9.55 Å². The topological polar surface area (TPSA) is 84.0 Å². The molecule has 1 aromatic heterocycles. The summed E-state index contributed by atoms with van der Waals surface area (Å²) in [6.45, 7) is 4.11. The molecule has 26 heavy (non-hydrogen) atoms. The first-order valence-corrected chi connectivity index (χ1v) is 8.70. The minimum absolute atomic E-state index is 0.0523. The van der Waals surface area contributed by atoms with Gasteiger partial charge in [0.25, 0.3) is 5.56 Å². The van der Waals surface area contributed by atoms with Gasteiger partial charge in [-0.3, -0.25) is 19.1 Å². The average Bonchev–Trinajstić information content (AvgIpc) is 2.57. The third-order valence-electron chi connectivity index (χ3n) is 5.26. The first-order valence-electron chi connectivity index (χ1n) is 8.70. The summed E-state index contributed by atoms with van der Waals surface area (Å²) in [5.41, 5.74) is 1.67. The van der Waals surface area contributed by atoms with Gasteiger partial charge >= 0.3 is 5.69 Å². The van der Waals surface area contributed by atoms with Crippen LogP contribution in [0.3, 0.4) is 0 Å². The Morgan fingerprint density at radius 2 is 1.77 bits per heavy atom. The summed E-state index contributed by atoms with van der Waals surface area (Å²) < 4.78 is 1.41. The summed E-state index contributed by atoms with van der Waals surface area (Å²) in [4.78, 5) is 40.2. The normalized spacial score (nSPS) is 21.0. The maximum absolute atomic E-state index is 13.0. The van der Waals surface area contributed by atoms with Crippen molar-refractivity contribution >= 4 is 11.6 Å². The van der Waals surface area contributed by atoms with Crippen molar-refractivity contribution < 1.29 is 4.79 Å².